The van der Waals surface area contributed by atoms with Gasteiger partial charge in [-0.05, 0) is 36.6 Å². The van der Waals surface area contributed by atoms with Crippen LogP contribution in [0, 0.1) is 11.8 Å². The van der Waals surface area contributed by atoms with Gasteiger partial charge in [0, 0.05) is 18.7 Å². The minimum atomic E-state index is -4.76. The summed E-state index contributed by atoms with van der Waals surface area (Å²) < 4.78 is 39.9. The van der Waals surface area contributed by atoms with Gasteiger partial charge in [-0.2, -0.15) is 0 Å². The van der Waals surface area contributed by atoms with Crippen LogP contribution in [0.2, 0.25) is 0 Å². The lowest BCUT2D eigenvalue weighted by Gasteiger charge is -2.17. The van der Waals surface area contributed by atoms with Crippen molar-refractivity contribution in [2.45, 2.75) is 19.7 Å². The van der Waals surface area contributed by atoms with Gasteiger partial charge < -0.3 is 15.0 Å². The van der Waals surface area contributed by atoms with Crippen LogP contribution in [0.25, 0.3) is 0 Å². The van der Waals surface area contributed by atoms with Gasteiger partial charge in [-0.3, -0.25) is 9.59 Å². The number of halogens is 3. The van der Waals surface area contributed by atoms with E-state index in [0.717, 1.165) is 18.6 Å². The van der Waals surface area contributed by atoms with Crippen LogP contribution in [0.3, 0.4) is 0 Å². The molecule has 0 saturated heterocycles. The van der Waals surface area contributed by atoms with Crippen LogP contribution in [0.1, 0.15) is 13.3 Å². The van der Waals surface area contributed by atoms with E-state index in [-0.39, 0.29) is 24.1 Å². The SMILES string of the molecule is C[C@@H]1C[C@@H]1C(=O)N(C)CC(=O)Nc1ccc(OC(F)(F)F)cc1. The number of hydrogen-bond acceptors (Lipinski definition) is 3. The van der Waals surface area contributed by atoms with Crippen molar-refractivity contribution in [2.24, 2.45) is 11.8 Å². The molecular formula is C15H17F3N2O3. The zero-order valence-electron chi connectivity index (χ0n) is 12.7. The number of ether oxygens (including phenoxy) is 1. The highest BCUT2D eigenvalue weighted by molar-refractivity contribution is 5.95. The van der Waals surface area contributed by atoms with Crippen molar-refractivity contribution in [1.82, 2.24) is 4.90 Å². The molecule has 1 aromatic rings. The average Bonchev–Trinajstić information content (AvgIpc) is 3.15. The number of hydrogen-bond donors (Lipinski definition) is 1. The Labute approximate surface area is 131 Å². The molecule has 1 saturated carbocycles. The van der Waals surface area contributed by atoms with Crippen molar-refractivity contribution in [3.8, 4) is 5.75 Å². The molecule has 0 spiro atoms. The molecule has 23 heavy (non-hydrogen) atoms. The molecule has 1 aromatic carbocycles. The number of amides is 2. The van der Waals surface area contributed by atoms with Crippen molar-refractivity contribution < 1.29 is 27.5 Å². The second-order valence-corrected chi connectivity index (χ2v) is 5.63. The van der Waals surface area contributed by atoms with E-state index in [4.69, 9.17) is 0 Å². The van der Waals surface area contributed by atoms with Gasteiger partial charge in [-0.25, -0.2) is 0 Å². The van der Waals surface area contributed by atoms with Crippen LogP contribution in [0.4, 0.5) is 18.9 Å². The maximum atomic E-state index is 12.0. The van der Waals surface area contributed by atoms with Crippen molar-refractivity contribution in [1.29, 1.82) is 0 Å². The van der Waals surface area contributed by atoms with Gasteiger partial charge in [-0.15, -0.1) is 13.2 Å². The number of anilines is 1. The first-order valence-corrected chi connectivity index (χ1v) is 7.06. The van der Waals surface area contributed by atoms with Crippen LogP contribution in [-0.2, 0) is 9.59 Å². The van der Waals surface area contributed by atoms with E-state index < -0.39 is 12.3 Å². The third-order valence-corrected chi connectivity index (χ3v) is 3.56. The zero-order chi connectivity index (χ0) is 17.2. The van der Waals surface area contributed by atoms with E-state index in [1.54, 1.807) is 7.05 Å². The lowest BCUT2D eigenvalue weighted by molar-refractivity contribution is -0.274. The Hall–Kier alpha value is -2.25. The first-order valence-electron chi connectivity index (χ1n) is 7.06. The Bertz CT molecular complexity index is 587. The summed E-state index contributed by atoms with van der Waals surface area (Å²) in [7, 11) is 1.55. The number of carbonyl (C=O) groups is 2. The largest absolute Gasteiger partial charge is 0.573 e. The fourth-order valence-corrected chi connectivity index (χ4v) is 2.18. The lowest BCUT2D eigenvalue weighted by atomic mass is 10.3. The van der Waals surface area contributed by atoms with E-state index in [9.17, 15) is 22.8 Å². The minimum absolute atomic E-state index is 0.00778. The molecule has 1 aliphatic carbocycles. The molecule has 8 heteroatoms. The minimum Gasteiger partial charge on any atom is -0.406 e. The van der Waals surface area contributed by atoms with E-state index in [1.165, 1.54) is 17.0 Å². The van der Waals surface area contributed by atoms with E-state index in [1.807, 2.05) is 6.92 Å². The summed E-state index contributed by atoms with van der Waals surface area (Å²) in [5, 5.41) is 2.52. The van der Waals surface area contributed by atoms with Crippen LogP contribution in [-0.4, -0.2) is 36.7 Å². The highest BCUT2D eigenvalue weighted by Gasteiger charge is 2.40. The predicted octanol–water partition coefficient (Wildman–Crippen LogP) is 2.64. The monoisotopic (exact) mass is 330 g/mol. The van der Waals surface area contributed by atoms with Crippen molar-refractivity contribution in [3.63, 3.8) is 0 Å². The fourth-order valence-electron chi connectivity index (χ4n) is 2.18. The molecule has 0 radical (unpaired) electrons. The van der Waals surface area contributed by atoms with Crippen molar-refractivity contribution in [3.05, 3.63) is 24.3 Å². The average molecular weight is 330 g/mol. The topological polar surface area (TPSA) is 58.6 Å². The molecule has 1 N–H and O–H groups in total. The predicted molar refractivity (Wildman–Crippen MR) is 76.7 cm³/mol. The van der Waals surface area contributed by atoms with E-state index in [2.05, 4.69) is 10.1 Å². The molecule has 5 nitrogen and oxygen atoms in total. The first-order chi connectivity index (χ1) is 10.7. The van der Waals surface area contributed by atoms with Gasteiger partial charge in [0.2, 0.25) is 11.8 Å². The summed E-state index contributed by atoms with van der Waals surface area (Å²) in [5.74, 6) is -0.508. The van der Waals surface area contributed by atoms with Gasteiger partial charge in [0.1, 0.15) is 5.75 Å². The number of likely N-dealkylation sites (N-methyl/N-ethyl adjacent to an activating group) is 1. The number of benzene rings is 1. The molecule has 0 aromatic heterocycles. The quantitative estimate of drug-likeness (QED) is 0.903. The summed E-state index contributed by atoms with van der Waals surface area (Å²) in [6.45, 7) is 1.86. The molecule has 0 heterocycles. The number of alkyl halides is 3. The Morgan fingerprint density at radius 2 is 1.87 bits per heavy atom. The lowest BCUT2D eigenvalue weighted by Crippen LogP contribution is -2.36. The molecule has 1 aliphatic rings. The maximum Gasteiger partial charge on any atom is 0.573 e. The van der Waals surface area contributed by atoms with Crippen molar-refractivity contribution in [2.75, 3.05) is 18.9 Å². The fraction of sp³-hybridized carbons (Fsp3) is 0.467. The van der Waals surface area contributed by atoms with Gasteiger partial charge in [-0.1, -0.05) is 6.92 Å². The third kappa shape index (κ3) is 5.15. The Morgan fingerprint density at radius 1 is 1.30 bits per heavy atom. The highest BCUT2D eigenvalue weighted by atomic mass is 19.4. The smallest absolute Gasteiger partial charge is 0.406 e. The molecule has 2 rings (SSSR count). The normalized spacial score (nSPS) is 19.9. The Balaban J connectivity index is 1.84. The number of nitrogens with one attached hydrogen (secondary N) is 1. The molecular weight excluding hydrogens is 313 g/mol. The number of carbonyl (C=O) groups excluding carboxylic acids is 2. The maximum absolute atomic E-state index is 12.0. The Morgan fingerprint density at radius 3 is 2.35 bits per heavy atom. The molecule has 1 fully saturated rings. The standard InChI is InChI=1S/C15H17F3N2O3/c1-9-7-12(9)14(22)20(2)8-13(21)19-10-3-5-11(6-4-10)23-15(16,17)18/h3-6,9,12H,7-8H2,1-2H3,(H,19,21)/t9-,12+/m1/s1. The van der Waals surface area contributed by atoms with Gasteiger partial charge in [0.25, 0.3) is 0 Å². The number of nitrogens with zero attached hydrogens (tertiary/aromatic N) is 1. The molecule has 0 aliphatic heterocycles. The van der Waals surface area contributed by atoms with Crippen LogP contribution < -0.4 is 10.1 Å². The first kappa shape index (κ1) is 17.1. The van der Waals surface area contributed by atoms with Gasteiger partial charge >= 0.3 is 6.36 Å². The summed E-state index contributed by atoms with van der Waals surface area (Å²) in [6, 6.07) is 4.79. The highest BCUT2D eigenvalue weighted by Crippen LogP contribution is 2.38. The molecule has 2 atom stereocenters. The third-order valence-electron chi connectivity index (χ3n) is 3.56. The van der Waals surface area contributed by atoms with Crippen LogP contribution in [0.15, 0.2) is 24.3 Å². The van der Waals surface area contributed by atoms with E-state index >= 15 is 0 Å². The summed E-state index contributed by atoms with van der Waals surface area (Å²) in [6.07, 6.45) is -3.92. The van der Waals surface area contributed by atoms with Gasteiger partial charge in [0.15, 0.2) is 0 Å². The molecule has 2 amide bonds. The van der Waals surface area contributed by atoms with Crippen LogP contribution in [0.5, 0.6) is 5.75 Å². The number of rotatable bonds is 5. The zero-order valence-corrected chi connectivity index (χ0v) is 12.7. The molecule has 0 bridgehead atoms. The summed E-state index contributed by atoms with van der Waals surface area (Å²) in [5.41, 5.74) is 0.324. The van der Waals surface area contributed by atoms with E-state index in [0.29, 0.717) is 11.6 Å². The molecule has 0 unspecified atom stereocenters. The van der Waals surface area contributed by atoms with Crippen LogP contribution >= 0.6 is 0 Å². The van der Waals surface area contributed by atoms with Crippen molar-refractivity contribution >= 4 is 17.5 Å². The Kier molecular flexibility index (Phi) is 4.82. The summed E-state index contributed by atoms with van der Waals surface area (Å²) in [4.78, 5) is 25.1. The molecule has 126 valence electrons. The second-order valence-electron chi connectivity index (χ2n) is 5.63. The second kappa shape index (κ2) is 6.47. The summed E-state index contributed by atoms with van der Waals surface area (Å²) >= 11 is 0. The van der Waals surface area contributed by atoms with Gasteiger partial charge in [0.05, 0.1) is 6.54 Å².